The number of halogens is 1. The molecule has 0 saturated carbocycles. The van der Waals surface area contributed by atoms with Crippen LogP contribution in [-0.2, 0) is 0 Å². The molecule has 98 valence electrons. The summed E-state index contributed by atoms with van der Waals surface area (Å²) in [6.45, 7) is 2.96. The fraction of sp³-hybridized carbons (Fsp3) is 0.500. The first-order chi connectivity index (χ1) is 8.49. The highest BCUT2D eigenvalue weighted by Crippen LogP contribution is 2.22. The summed E-state index contributed by atoms with van der Waals surface area (Å²) in [5.41, 5.74) is 6.34. The van der Waals surface area contributed by atoms with Crippen LogP contribution in [0.3, 0.4) is 0 Å². The topological polar surface area (TPSA) is 79.5 Å². The second-order valence-electron chi connectivity index (χ2n) is 4.69. The lowest BCUT2D eigenvalue weighted by Crippen LogP contribution is -2.45. The minimum absolute atomic E-state index is 0.0653. The Morgan fingerprint density at radius 2 is 2.39 bits per heavy atom. The Labute approximate surface area is 111 Å². The largest absolute Gasteiger partial charge is 0.397 e. The number of hydrogen-bond donors (Lipinski definition) is 2. The molecule has 1 amide bonds. The second-order valence-corrected chi connectivity index (χ2v) is 5.05. The van der Waals surface area contributed by atoms with Gasteiger partial charge in [0.1, 0.15) is 5.15 Å². The van der Waals surface area contributed by atoms with Crippen LogP contribution >= 0.6 is 11.6 Å². The smallest absolute Gasteiger partial charge is 0.257 e. The molecule has 1 aliphatic heterocycles. The number of hydrogen-bond acceptors (Lipinski definition) is 4. The first kappa shape index (κ1) is 13.1. The van der Waals surface area contributed by atoms with Gasteiger partial charge in [0.2, 0.25) is 0 Å². The van der Waals surface area contributed by atoms with Crippen molar-refractivity contribution in [2.45, 2.75) is 19.4 Å². The third-order valence-electron chi connectivity index (χ3n) is 3.24. The van der Waals surface area contributed by atoms with Gasteiger partial charge >= 0.3 is 0 Å². The zero-order valence-corrected chi connectivity index (χ0v) is 10.9. The lowest BCUT2D eigenvalue weighted by atomic mass is 9.96. The number of piperidine rings is 1. The van der Waals surface area contributed by atoms with Gasteiger partial charge in [0.15, 0.2) is 0 Å². The maximum atomic E-state index is 12.3. The number of aliphatic hydroxyl groups is 1. The number of likely N-dealkylation sites (tertiary alicyclic amines) is 1. The van der Waals surface area contributed by atoms with Crippen molar-refractivity contribution in [3.63, 3.8) is 0 Å². The Kier molecular flexibility index (Phi) is 3.73. The molecule has 0 aliphatic carbocycles. The number of pyridine rings is 1. The van der Waals surface area contributed by atoms with Crippen LogP contribution < -0.4 is 5.73 Å². The van der Waals surface area contributed by atoms with Crippen molar-refractivity contribution in [3.05, 3.63) is 23.0 Å². The summed E-state index contributed by atoms with van der Waals surface area (Å²) in [6.07, 6.45) is 1.66. The summed E-state index contributed by atoms with van der Waals surface area (Å²) in [5.74, 6) is -0.117. The number of aromatic nitrogens is 1. The fourth-order valence-corrected chi connectivity index (χ4v) is 2.29. The molecule has 18 heavy (non-hydrogen) atoms. The van der Waals surface area contributed by atoms with Gasteiger partial charge in [0.05, 0.1) is 23.6 Å². The van der Waals surface area contributed by atoms with E-state index in [1.807, 2.05) is 6.92 Å². The molecule has 3 N–H and O–H groups in total. The molecular formula is C12H16ClN3O2. The zero-order valence-electron chi connectivity index (χ0n) is 10.1. The Morgan fingerprint density at radius 3 is 3.06 bits per heavy atom. The maximum Gasteiger partial charge on any atom is 0.257 e. The monoisotopic (exact) mass is 269 g/mol. The van der Waals surface area contributed by atoms with Crippen LogP contribution in [0.1, 0.15) is 23.7 Å². The fourth-order valence-electron chi connectivity index (χ4n) is 2.10. The molecule has 1 fully saturated rings. The molecule has 0 bridgehead atoms. The number of rotatable bonds is 1. The summed E-state index contributed by atoms with van der Waals surface area (Å²) in [7, 11) is 0. The number of nitrogen functional groups attached to an aromatic ring is 1. The minimum Gasteiger partial charge on any atom is -0.397 e. The van der Waals surface area contributed by atoms with E-state index >= 15 is 0 Å². The van der Waals surface area contributed by atoms with Crippen molar-refractivity contribution in [2.24, 2.45) is 5.92 Å². The molecule has 2 rings (SSSR count). The molecule has 2 atom stereocenters. The van der Waals surface area contributed by atoms with Crippen LogP contribution in [0.25, 0.3) is 0 Å². The Morgan fingerprint density at radius 1 is 1.67 bits per heavy atom. The van der Waals surface area contributed by atoms with Crippen LogP contribution in [0.5, 0.6) is 0 Å². The quantitative estimate of drug-likeness (QED) is 0.750. The van der Waals surface area contributed by atoms with E-state index in [0.29, 0.717) is 30.8 Å². The summed E-state index contributed by atoms with van der Waals surface area (Å²) in [6, 6.07) is 1.54. The standard InChI is InChI=1S/C12H16ClN3O2/c1-7-6-16(3-2-10(7)17)12(18)9-4-8(14)5-15-11(9)13/h4-5,7,10,17H,2-3,6,14H2,1H3. The molecular weight excluding hydrogens is 254 g/mol. The van der Waals surface area contributed by atoms with Gasteiger partial charge in [-0.05, 0) is 18.4 Å². The molecule has 0 radical (unpaired) electrons. The minimum atomic E-state index is -0.344. The molecule has 1 aliphatic rings. The lowest BCUT2D eigenvalue weighted by molar-refractivity contribution is 0.0297. The van der Waals surface area contributed by atoms with Gasteiger partial charge in [-0.1, -0.05) is 18.5 Å². The summed E-state index contributed by atoms with van der Waals surface area (Å²) in [5, 5.41) is 9.81. The van der Waals surface area contributed by atoms with Gasteiger partial charge in [-0.2, -0.15) is 0 Å². The second kappa shape index (κ2) is 5.12. The van der Waals surface area contributed by atoms with E-state index in [-0.39, 0.29) is 23.1 Å². The van der Waals surface area contributed by atoms with Crippen LogP contribution in [0.4, 0.5) is 5.69 Å². The Balaban J connectivity index is 2.19. The van der Waals surface area contributed by atoms with Crippen molar-refractivity contribution < 1.29 is 9.90 Å². The third kappa shape index (κ3) is 2.57. The average Bonchev–Trinajstić information content (AvgIpc) is 2.35. The van der Waals surface area contributed by atoms with E-state index in [1.165, 1.54) is 12.3 Å². The normalized spacial score (nSPS) is 24.1. The van der Waals surface area contributed by atoms with Crippen LogP contribution in [0, 0.1) is 5.92 Å². The molecule has 0 aromatic carbocycles. The van der Waals surface area contributed by atoms with Gasteiger partial charge < -0.3 is 15.7 Å². The van der Waals surface area contributed by atoms with Gasteiger partial charge in [0.25, 0.3) is 5.91 Å². The highest BCUT2D eigenvalue weighted by atomic mass is 35.5. The summed E-state index contributed by atoms with van der Waals surface area (Å²) < 4.78 is 0. The van der Waals surface area contributed by atoms with Gasteiger partial charge in [0, 0.05) is 13.1 Å². The molecule has 2 heterocycles. The number of amides is 1. The molecule has 0 spiro atoms. The number of nitrogens with zero attached hydrogens (tertiary/aromatic N) is 2. The number of carbonyl (C=O) groups is 1. The van der Waals surface area contributed by atoms with E-state index in [4.69, 9.17) is 17.3 Å². The Hall–Kier alpha value is -1.33. The van der Waals surface area contributed by atoms with E-state index in [1.54, 1.807) is 4.90 Å². The van der Waals surface area contributed by atoms with E-state index < -0.39 is 0 Å². The molecule has 1 aromatic rings. The predicted molar refractivity (Wildman–Crippen MR) is 69.4 cm³/mol. The van der Waals surface area contributed by atoms with E-state index in [0.717, 1.165) is 0 Å². The highest BCUT2D eigenvalue weighted by Gasteiger charge is 2.28. The summed E-state index contributed by atoms with van der Waals surface area (Å²) >= 11 is 5.91. The highest BCUT2D eigenvalue weighted by molar-refractivity contribution is 6.32. The van der Waals surface area contributed by atoms with E-state index in [2.05, 4.69) is 4.98 Å². The zero-order chi connectivity index (χ0) is 13.3. The molecule has 1 saturated heterocycles. The van der Waals surface area contributed by atoms with Crippen molar-refractivity contribution in [2.75, 3.05) is 18.8 Å². The van der Waals surface area contributed by atoms with Crippen LogP contribution in [0.15, 0.2) is 12.3 Å². The number of carbonyl (C=O) groups excluding carboxylic acids is 1. The number of anilines is 1. The maximum absolute atomic E-state index is 12.3. The van der Waals surface area contributed by atoms with Crippen molar-refractivity contribution in [1.82, 2.24) is 9.88 Å². The third-order valence-corrected chi connectivity index (χ3v) is 3.54. The average molecular weight is 270 g/mol. The predicted octanol–water partition coefficient (Wildman–Crippen LogP) is 1.16. The number of nitrogens with two attached hydrogens (primary N) is 1. The molecule has 6 heteroatoms. The summed E-state index contributed by atoms with van der Waals surface area (Å²) in [4.78, 5) is 17.8. The van der Waals surface area contributed by atoms with Crippen molar-refractivity contribution in [1.29, 1.82) is 0 Å². The molecule has 5 nitrogen and oxygen atoms in total. The number of aliphatic hydroxyl groups excluding tert-OH is 1. The Bertz CT molecular complexity index is 467. The van der Waals surface area contributed by atoms with Crippen LogP contribution in [0.2, 0.25) is 5.15 Å². The SMILES string of the molecule is CC1CN(C(=O)c2cc(N)cnc2Cl)CCC1O. The molecule has 1 aromatic heterocycles. The van der Waals surface area contributed by atoms with Crippen molar-refractivity contribution in [3.8, 4) is 0 Å². The van der Waals surface area contributed by atoms with E-state index in [9.17, 15) is 9.90 Å². The molecule has 2 unspecified atom stereocenters. The van der Waals surface area contributed by atoms with Crippen LogP contribution in [-0.4, -0.2) is 40.1 Å². The van der Waals surface area contributed by atoms with Crippen molar-refractivity contribution >= 4 is 23.2 Å². The first-order valence-corrected chi connectivity index (χ1v) is 6.25. The lowest BCUT2D eigenvalue weighted by Gasteiger charge is -2.34. The van der Waals surface area contributed by atoms with Gasteiger partial charge in [-0.3, -0.25) is 4.79 Å². The van der Waals surface area contributed by atoms with Gasteiger partial charge in [-0.25, -0.2) is 4.98 Å². The first-order valence-electron chi connectivity index (χ1n) is 5.87. The van der Waals surface area contributed by atoms with Gasteiger partial charge in [-0.15, -0.1) is 0 Å².